The monoisotopic (exact) mass is 180 g/mol. The first kappa shape index (κ1) is 8.44. The molecule has 1 fully saturated rings. The van der Waals surface area contributed by atoms with Crippen LogP contribution < -0.4 is 5.32 Å². The minimum atomic E-state index is 0.250. The standard InChI is InChI=1S/C9H12N2O2/c12-5-3-7-6-13-9(11-7)8-2-1-4-10-8/h5-6,8,10H,1-4H2. The second-order valence-corrected chi connectivity index (χ2v) is 3.20. The number of carbonyl (C=O) groups excluding carboxylic acids is 1. The SMILES string of the molecule is O=CCc1coc(C2CCCN2)n1. The fraction of sp³-hybridized carbons (Fsp3) is 0.556. The van der Waals surface area contributed by atoms with Gasteiger partial charge in [-0.25, -0.2) is 4.98 Å². The molecule has 1 aliphatic heterocycles. The van der Waals surface area contributed by atoms with Crippen LogP contribution in [0.5, 0.6) is 0 Å². The highest BCUT2D eigenvalue weighted by Gasteiger charge is 2.20. The maximum Gasteiger partial charge on any atom is 0.211 e. The van der Waals surface area contributed by atoms with E-state index in [2.05, 4.69) is 10.3 Å². The number of carbonyl (C=O) groups is 1. The van der Waals surface area contributed by atoms with E-state index in [0.717, 1.165) is 31.4 Å². The highest BCUT2D eigenvalue weighted by atomic mass is 16.3. The molecule has 0 aromatic carbocycles. The molecule has 1 unspecified atom stereocenters. The predicted octanol–water partition coefficient (Wildman–Crippen LogP) is 0.840. The number of rotatable bonds is 3. The van der Waals surface area contributed by atoms with Gasteiger partial charge in [-0.15, -0.1) is 0 Å². The minimum absolute atomic E-state index is 0.250. The van der Waals surface area contributed by atoms with E-state index in [0.29, 0.717) is 12.3 Å². The fourth-order valence-corrected chi connectivity index (χ4v) is 1.56. The van der Waals surface area contributed by atoms with Crippen molar-refractivity contribution in [2.24, 2.45) is 0 Å². The van der Waals surface area contributed by atoms with E-state index in [1.807, 2.05) is 0 Å². The minimum Gasteiger partial charge on any atom is -0.447 e. The van der Waals surface area contributed by atoms with Crippen molar-refractivity contribution < 1.29 is 9.21 Å². The van der Waals surface area contributed by atoms with E-state index in [4.69, 9.17) is 4.42 Å². The van der Waals surface area contributed by atoms with Crippen LogP contribution in [-0.4, -0.2) is 17.8 Å². The average molecular weight is 180 g/mol. The van der Waals surface area contributed by atoms with Crippen molar-refractivity contribution in [1.29, 1.82) is 0 Å². The number of hydrogen-bond acceptors (Lipinski definition) is 4. The molecule has 0 spiro atoms. The summed E-state index contributed by atoms with van der Waals surface area (Å²) in [4.78, 5) is 14.4. The summed E-state index contributed by atoms with van der Waals surface area (Å²) < 4.78 is 5.27. The molecule has 4 heteroatoms. The lowest BCUT2D eigenvalue weighted by Gasteiger charge is -2.02. The van der Waals surface area contributed by atoms with Crippen LogP contribution in [0, 0.1) is 0 Å². The molecule has 0 saturated carbocycles. The Bertz CT molecular complexity index is 290. The number of oxazole rings is 1. The molecule has 13 heavy (non-hydrogen) atoms. The zero-order valence-electron chi connectivity index (χ0n) is 7.32. The molecular formula is C9H12N2O2. The van der Waals surface area contributed by atoms with Gasteiger partial charge < -0.3 is 14.5 Å². The van der Waals surface area contributed by atoms with Gasteiger partial charge in [-0.2, -0.15) is 0 Å². The lowest BCUT2D eigenvalue weighted by molar-refractivity contribution is -0.107. The molecule has 0 amide bonds. The summed E-state index contributed by atoms with van der Waals surface area (Å²) in [6, 6.07) is 0.250. The Morgan fingerprint density at radius 2 is 2.69 bits per heavy atom. The third-order valence-corrected chi connectivity index (χ3v) is 2.22. The predicted molar refractivity (Wildman–Crippen MR) is 46.2 cm³/mol. The fourth-order valence-electron chi connectivity index (χ4n) is 1.56. The van der Waals surface area contributed by atoms with Gasteiger partial charge in [0.2, 0.25) is 5.89 Å². The zero-order valence-corrected chi connectivity index (χ0v) is 7.32. The summed E-state index contributed by atoms with van der Waals surface area (Å²) in [5, 5.41) is 3.28. The van der Waals surface area contributed by atoms with Crippen molar-refractivity contribution in [3.05, 3.63) is 17.8 Å². The Morgan fingerprint density at radius 1 is 1.77 bits per heavy atom. The number of nitrogens with one attached hydrogen (secondary N) is 1. The zero-order chi connectivity index (χ0) is 9.10. The molecule has 1 aliphatic rings. The second-order valence-electron chi connectivity index (χ2n) is 3.20. The first-order valence-electron chi connectivity index (χ1n) is 4.51. The van der Waals surface area contributed by atoms with Crippen LogP contribution in [0.2, 0.25) is 0 Å². The lowest BCUT2D eigenvalue weighted by Crippen LogP contribution is -2.13. The molecule has 0 aliphatic carbocycles. The van der Waals surface area contributed by atoms with Gasteiger partial charge in [-0.1, -0.05) is 0 Å². The van der Waals surface area contributed by atoms with Crippen LogP contribution in [0.1, 0.15) is 30.5 Å². The van der Waals surface area contributed by atoms with Crippen LogP contribution in [0.15, 0.2) is 10.7 Å². The Labute approximate surface area is 76.3 Å². The van der Waals surface area contributed by atoms with Gasteiger partial charge in [0.1, 0.15) is 12.5 Å². The average Bonchev–Trinajstić information content (AvgIpc) is 2.70. The van der Waals surface area contributed by atoms with Crippen LogP contribution in [0.3, 0.4) is 0 Å². The number of hydrogen-bond donors (Lipinski definition) is 1. The van der Waals surface area contributed by atoms with Crippen molar-refractivity contribution in [1.82, 2.24) is 10.3 Å². The molecule has 1 aromatic rings. The van der Waals surface area contributed by atoms with Gasteiger partial charge in [-0.3, -0.25) is 0 Å². The molecule has 4 nitrogen and oxygen atoms in total. The highest BCUT2D eigenvalue weighted by molar-refractivity contribution is 5.53. The molecule has 1 aromatic heterocycles. The molecule has 0 bridgehead atoms. The lowest BCUT2D eigenvalue weighted by atomic mass is 10.2. The van der Waals surface area contributed by atoms with E-state index in [1.54, 1.807) is 6.26 Å². The quantitative estimate of drug-likeness (QED) is 0.700. The van der Waals surface area contributed by atoms with E-state index < -0.39 is 0 Å². The Morgan fingerprint density at radius 3 is 3.38 bits per heavy atom. The number of aldehydes is 1. The van der Waals surface area contributed by atoms with E-state index in [-0.39, 0.29) is 6.04 Å². The van der Waals surface area contributed by atoms with Crippen LogP contribution in [0.4, 0.5) is 0 Å². The van der Waals surface area contributed by atoms with Crippen molar-refractivity contribution in [3.63, 3.8) is 0 Å². The van der Waals surface area contributed by atoms with Crippen LogP contribution >= 0.6 is 0 Å². The van der Waals surface area contributed by atoms with Crippen molar-refractivity contribution in [2.45, 2.75) is 25.3 Å². The summed E-state index contributed by atoms with van der Waals surface area (Å²) in [5.41, 5.74) is 0.721. The third kappa shape index (κ3) is 1.78. The molecule has 70 valence electrons. The molecular weight excluding hydrogens is 168 g/mol. The third-order valence-electron chi connectivity index (χ3n) is 2.22. The summed E-state index contributed by atoms with van der Waals surface area (Å²) in [5.74, 6) is 0.717. The van der Waals surface area contributed by atoms with Crippen LogP contribution in [-0.2, 0) is 11.2 Å². The normalized spacial score (nSPS) is 22.0. The Hall–Kier alpha value is -1.16. The smallest absolute Gasteiger partial charge is 0.211 e. The topological polar surface area (TPSA) is 55.1 Å². The van der Waals surface area contributed by atoms with Crippen molar-refractivity contribution in [3.8, 4) is 0 Å². The van der Waals surface area contributed by atoms with Crippen molar-refractivity contribution >= 4 is 6.29 Å². The second kappa shape index (κ2) is 3.70. The van der Waals surface area contributed by atoms with Gasteiger partial charge in [0.15, 0.2) is 0 Å². The summed E-state index contributed by atoms with van der Waals surface area (Å²) >= 11 is 0. The number of nitrogens with zero attached hydrogens (tertiary/aromatic N) is 1. The molecule has 0 radical (unpaired) electrons. The van der Waals surface area contributed by atoms with Crippen LogP contribution in [0.25, 0.3) is 0 Å². The van der Waals surface area contributed by atoms with Gasteiger partial charge in [-0.05, 0) is 19.4 Å². The van der Waals surface area contributed by atoms with Gasteiger partial charge in [0.05, 0.1) is 11.7 Å². The van der Waals surface area contributed by atoms with E-state index in [1.165, 1.54) is 0 Å². The van der Waals surface area contributed by atoms with E-state index in [9.17, 15) is 4.79 Å². The molecule has 1 N–H and O–H groups in total. The largest absolute Gasteiger partial charge is 0.447 e. The summed E-state index contributed by atoms with van der Waals surface area (Å²) in [6.07, 6.45) is 4.97. The summed E-state index contributed by atoms with van der Waals surface area (Å²) in [7, 11) is 0. The molecule has 1 saturated heterocycles. The van der Waals surface area contributed by atoms with Gasteiger partial charge in [0, 0.05) is 6.42 Å². The Kier molecular flexibility index (Phi) is 2.40. The van der Waals surface area contributed by atoms with Gasteiger partial charge in [0.25, 0.3) is 0 Å². The first-order chi connectivity index (χ1) is 6.40. The molecule has 1 atom stereocenters. The highest BCUT2D eigenvalue weighted by Crippen LogP contribution is 2.21. The first-order valence-corrected chi connectivity index (χ1v) is 4.51. The van der Waals surface area contributed by atoms with E-state index >= 15 is 0 Å². The summed E-state index contributed by atoms with van der Waals surface area (Å²) in [6.45, 7) is 1.02. The van der Waals surface area contributed by atoms with Gasteiger partial charge >= 0.3 is 0 Å². The van der Waals surface area contributed by atoms with Crippen molar-refractivity contribution in [2.75, 3.05) is 6.54 Å². The maximum atomic E-state index is 10.2. The molecule has 2 heterocycles. The molecule has 2 rings (SSSR count). The number of aromatic nitrogens is 1. The Balaban J connectivity index is 2.07. The maximum absolute atomic E-state index is 10.2.